The smallest absolute Gasteiger partial charge is 0.271 e. The van der Waals surface area contributed by atoms with E-state index in [1.165, 1.54) is 24.5 Å². The number of benzene rings is 1. The van der Waals surface area contributed by atoms with Crippen LogP contribution in [0.25, 0.3) is 0 Å². The van der Waals surface area contributed by atoms with Crippen LogP contribution in [0.2, 0.25) is 5.15 Å². The molecule has 12 heteroatoms. The number of aryl methyl sites for hydroxylation is 2. The van der Waals surface area contributed by atoms with Crippen molar-refractivity contribution in [2.75, 3.05) is 9.62 Å². The van der Waals surface area contributed by atoms with E-state index in [2.05, 4.69) is 25.3 Å². The lowest BCUT2D eigenvalue weighted by atomic mass is 10.2. The van der Waals surface area contributed by atoms with Crippen molar-refractivity contribution in [3.05, 3.63) is 89.2 Å². The van der Waals surface area contributed by atoms with Crippen LogP contribution < -0.4 is 9.62 Å². The number of nitrogens with zero attached hydrogens (tertiary/aromatic N) is 5. The standard InChI is InChI=1S/C22H17ClF2N6O2S/c1-13-7-9-27-22(23)21(13)31(34(32,33)18-5-3-15(24)11-17(18)25)16-4-6-19(28-12-16)30-20-8-10-26-14(2)29-20/h3-12H,1-2H3,(H,26,28,29,30). The molecule has 0 fully saturated rings. The van der Waals surface area contributed by atoms with Gasteiger partial charge in [-0.05, 0) is 55.8 Å². The zero-order valence-electron chi connectivity index (χ0n) is 17.9. The number of hydrogen-bond acceptors (Lipinski definition) is 7. The number of halogens is 3. The first-order valence-electron chi connectivity index (χ1n) is 9.81. The van der Waals surface area contributed by atoms with Crippen LogP contribution >= 0.6 is 11.6 Å². The molecule has 0 aliphatic carbocycles. The van der Waals surface area contributed by atoms with Crippen molar-refractivity contribution < 1.29 is 17.2 Å². The summed E-state index contributed by atoms with van der Waals surface area (Å²) in [6, 6.07) is 8.41. The number of rotatable bonds is 6. The second kappa shape index (κ2) is 9.27. The van der Waals surface area contributed by atoms with Gasteiger partial charge in [0.25, 0.3) is 10.0 Å². The van der Waals surface area contributed by atoms with Gasteiger partial charge in [-0.2, -0.15) is 0 Å². The number of pyridine rings is 2. The molecular weight excluding hydrogens is 486 g/mol. The molecule has 1 aromatic carbocycles. The fourth-order valence-electron chi connectivity index (χ4n) is 3.17. The molecule has 3 aromatic heterocycles. The minimum absolute atomic E-state index is 0.0156. The fraction of sp³-hybridized carbons (Fsp3) is 0.0909. The lowest BCUT2D eigenvalue weighted by Gasteiger charge is -2.26. The molecule has 3 heterocycles. The minimum Gasteiger partial charge on any atom is -0.325 e. The molecule has 0 amide bonds. The first-order chi connectivity index (χ1) is 16.2. The van der Waals surface area contributed by atoms with E-state index in [0.717, 1.165) is 16.4 Å². The second-order valence-electron chi connectivity index (χ2n) is 7.13. The summed E-state index contributed by atoms with van der Waals surface area (Å²) in [5.41, 5.74) is 0.540. The van der Waals surface area contributed by atoms with Crippen molar-refractivity contribution in [3.8, 4) is 0 Å². The summed E-state index contributed by atoms with van der Waals surface area (Å²) in [5.74, 6) is -0.719. The van der Waals surface area contributed by atoms with E-state index in [1.54, 1.807) is 32.2 Å². The first kappa shape index (κ1) is 23.5. The van der Waals surface area contributed by atoms with Gasteiger partial charge in [0.15, 0.2) is 5.15 Å². The maximum atomic E-state index is 14.5. The van der Waals surface area contributed by atoms with E-state index in [-0.39, 0.29) is 16.5 Å². The topological polar surface area (TPSA) is 101 Å². The van der Waals surface area contributed by atoms with Crippen LogP contribution in [0.5, 0.6) is 0 Å². The first-order valence-corrected chi connectivity index (χ1v) is 11.6. The Morgan fingerprint density at radius 1 is 0.941 bits per heavy atom. The molecule has 0 unspecified atom stereocenters. The number of nitrogens with one attached hydrogen (secondary N) is 1. The molecule has 1 N–H and O–H groups in total. The van der Waals surface area contributed by atoms with Gasteiger partial charge in [-0.25, -0.2) is 41.4 Å². The Morgan fingerprint density at radius 3 is 2.35 bits per heavy atom. The highest BCUT2D eigenvalue weighted by Gasteiger charge is 2.32. The molecule has 0 bridgehead atoms. The van der Waals surface area contributed by atoms with Gasteiger partial charge in [0.05, 0.1) is 17.6 Å². The van der Waals surface area contributed by atoms with Gasteiger partial charge in [0.2, 0.25) is 0 Å². The molecule has 4 aromatic rings. The normalized spacial score (nSPS) is 11.3. The molecular formula is C22H17ClF2N6O2S. The highest BCUT2D eigenvalue weighted by molar-refractivity contribution is 7.93. The van der Waals surface area contributed by atoms with Gasteiger partial charge in [-0.3, -0.25) is 0 Å². The summed E-state index contributed by atoms with van der Waals surface area (Å²) in [6.45, 7) is 3.37. The van der Waals surface area contributed by atoms with Crippen LogP contribution in [0.1, 0.15) is 11.4 Å². The third-order valence-electron chi connectivity index (χ3n) is 4.71. The van der Waals surface area contributed by atoms with Gasteiger partial charge < -0.3 is 5.32 Å². The second-order valence-corrected chi connectivity index (χ2v) is 9.24. The zero-order valence-corrected chi connectivity index (χ0v) is 19.4. The number of hydrogen-bond donors (Lipinski definition) is 1. The zero-order chi connectivity index (χ0) is 24.5. The Morgan fingerprint density at radius 2 is 1.71 bits per heavy atom. The summed E-state index contributed by atoms with van der Waals surface area (Å²) >= 11 is 6.27. The van der Waals surface area contributed by atoms with Crippen LogP contribution in [-0.4, -0.2) is 28.4 Å². The lowest BCUT2D eigenvalue weighted by molar-refractivity contribution is 0.549. The predicted molar refractivity (Wildman–Crippen MR) is 124 cm³/mol. The van der Waals surface area contributed by atoms with Crippen LogP contribution in [0.4, 0.5) is 31.8 Å². The summed E-state index contributed by atoms with van der Waals surface area (Å²) in [5, 5.41) is 2.87. The van der Waals surface area contributed by atoms with E-state index >= 15 is 0 Å². The molecule has 0 spiro atoms. The average molecular weight is 503 g/mol. The lowest BCUT2D eigenvalue weighted by Crippen LogP contribution is -2.28. The molecule has 0 radical (unpaired) electrons. The molecule has 174 valence electrons. The van der Waals surface area contributed by atoms with Gasteiger partial charge in [-0.1, -0.05) is 11.6 Å². The van der Waals surface area contributed by atoms with Crippen LogP contribution in [0.15, 0.2) is 66.0 Å². The van der Waals surface area contributed by atoms with Crippen molar-refractivity contribution in [1.82, 2.24) is 19.9 Å². The van der Waals surface area contributed by atoms with Crippen LogP contribution in [0, 0.1) is 25.5 Å². The highest BCUT2D eigenvalue weighted by Crippen LogP contribution is 2.38. The molecule has 0 saturated heterocycles. The van der Waals surface area contributed by atoms with E-state index in [4.69, 9.17) is 11.6 Å². The van der Waals surface area contributed by atoms with Crippen molar-refractivity contribution >= 4 is 44.6 Å². The summed E-state index contributed by atoms with van der Waals surface area (Å²) in [4.78, 5) is 15.7. The predicted octanol–water partition coefficient (Wildman–Crippen LogP) is 5.09. The van der Waals surface area contributed by atoms with Crippen molar-refractivity contribution in [1.29, 1.82) is 0 Å². The third-order valence-corrected chi connectivity index (χ3v) is 6.75. The van der Waals surface area contributed by atoms with Crippen molar-refractivity contribution in [3.63, 3.8) is 0 Å². The summed E-state index contributed by atoms with van der Waals surface area (Å²) in [6.07, 6.45) is 4.27. The van der Waals surface area contributed by atoms with E-state index in [9.17, 15) is 17.2 Å². The van der Waals surface area contributed by atoms with E-state index in [1.807, 2.05) is 0 Å². The number of aromatic nitrogens is 4. The maximum Gasteiger partial charge on any atom is 0.271 e. The van der Waals surface area contributed by atoms with Gasteiger partial charge in [0, 0.05) is 18.5 Å². The molecule has 8 nitrogen and oxygen atoms in total. The number of anilines is 4. The molecule has 0 saturated carbocycles. The van der Waals surface area contributed by atoms with E-state index < -0.39 is 26.6 Å². The molecule has 4 rings (SSSR count). The molecule has 0 atom stereocenters. The quantitative estimate of drug-likeness (QED) is 0.367. The SMILES string of the molecule is Cc1nccc(Nc2ccc(N(c3c(C)ccnc3Cl)S(=O)(=O)c3ccc(F)cc3F)cn2)n1. The molecule has 34 heavy (non-hydrogen) atoms. The van der Waals surface area contributed by atoms with Gasteiger partial charge >= 0.3 is 0 Å². The minimum atomic E-state index is -4.59. The van der Waals surface area contributed by atoms with E-state index in [0.29, 0.717) is 29.1 Å². The van der Waals surface area contributed by atoms with Gasteiger partial charge in [-0.15, -0.1) is 0 Å². The third kappa shape index (κ3) is 4.66. The Bertz CT molecular complexity index is 1450. The summed E-state index contributed by atoms with van der Waals surface area (Å²) < 4.78 is 56.0. The monoisotopic (exact) mass is 502 g/mol. The van der Waals surface area contributed by atoms with Crippen molar-refractivity contribution in [2.24, 2.45) is 0 Å². The Hall–Kier alpha value is -3.70. The Labute approximate surface area is 199 Å². The fourth-order valence-corrected chi connectivity index (χ4v) is 5.11. The Kier molecular flexibility index (Phi) is 6.40. The molecule has 0 aliphatic heterocycles. The highest BCUT2D eigenvalue weighted by atomic mass is 35.5. The number of sulfonamides is 1. The summed E-state index contributed by atoms with van der Waals surface area (Å²) in [7, 11) is -4.59. The molecule has 0 aliphatic rings. The average Bonchev–Trinajstić information content (AvgIpc) is 2.77. The maximum absolute atomic E-state index is 14.5. The van der Waals surface area contributed by atoms with Crippen LogP contribution in [-0.2, 0) is 10.0 Å². The Balaban J connectivity index is 1.82. The largest absolute Gasteiger partial charge is 0.325 e. The van der Waals surface area contributed by atoms with Crippen LogP contribution in [0.3, 0.4) is 0 Å². The van der Waals surface area contributed by atoms with Gasteiger partial charge in [0.1, 0.15) is 34.0 Å². The van der Waals surface area contributed by atoms with Crippen molar-refractivity contribution in [2.45, 2.75) is 18.7 Å².